The van der Waals surface area contributed by atoms with E-state index >= 15 is 0 Å². The number of carbonyl (C=O) groups is 1. The summed E-state index contributed by atoms with van der Waals surface area (Å²) in [6, 6.07) is 8.51. The zero-order valence-corrected chi connectivity index (χ0v) is 16.0. The molecule has 0 aliphatic rings. The third kappa shape index (κ3) is 6.39. The Hall–Kier alpha value is -2.06. The van der Waals surface area contributed by atoms with Crippen molar-refractivity contribution in [1.29, 1.82) is 0 Å². The maximum Gasteiger partial charge on any atom is 0.241 e. The van der Waals surface area contributed by atoms with E-state index in [9.17, 15) is 13.2 Å². The second-order valence-electron chi connectivity index (χ2n) is 5.86. The van der Waals surface area contributed by atoms with Crippen molar-refractivity contribution in [3.05, 3.63) is 46.2 Å². The zero-order valence-electron chi connectivity index (χ0n) is 14.4. The largest absolute Gasteiger partial charge is 0.491 e. The van der Waals surface area contributed by atoms with Crippen LogP contribution in [0.5, 0.6) is 5.75 Å². The Morgan fingerprint density at radius 1 is 1.20 bits per heavy atom. The van der Waals surface area contributed by atoms with Crippen LogP contribution in [0, 0.1) is 6.92 Å². The summed E-state index contributed by atoms with van der Waals surface area (Å²) < 4.78 is 32.1. The molecule has 2 rings (SSSR count). The Labute approximate surface area is 152 Å². The lowest BCUT2D eigenvalue weighted by Crippen LogP contribution is -2.32. The standard InChI is InChI=1S/C17H22N2O4S2/c1-12(2)23-15-6-4-14(5-7-15)19-25(21,22)11-17(20)18-10-16-13(3)8-9-24-16/h4-9,12,19H,10-11H2,1-3H3,(H,18,20). The van der Waals surface area contributed by atoms with Crippen LogP contribution in [0.1, 0.15) is 24.3 Å². The Morgan fingerprint density at radius 3 is 2.44 bits per heavy atom. The minimum absolute atomic E-state index is 0.0400. The Morgan fingerprint density at radius 2 is 1.88 bits per heavy atom. The predicted molar refractivity (Wildman–Crippen MR) is 101 cm³/mol. The molecule has 25 heavy (non-hydrogen) atoms. The first-order valence-electron chi connectivity index (χ1n) is 7.82. The second kappa shape index (κ2) is 8.35. The van der Waals surface area contributed by atoms with Crippen molar-refractivity contribution in [3.8, 4) is 5.75 Å². The smallest absolute Gasteiger partial charge is 0.241 e. The third-order valence-corrected chi connectivity index (χ3v) is 5.45. The van der Waals surface area contributed by atoms with Crippen LogP contribution in [-0.2, 0) is 21.4 Å². The van der Waals surface area contributed by atoms with Crippen LogP contribution in [0.3, 0.4) is 0 Å². The van der Waals surface area contributed by atoms with Gasteiger partial charge in [-0.25, -0.2) is 8.42 Å². The molecule has 1 amide bonds. The third-order valence-electron chi connectivity index (χ3n) is 3.23. The number of thiophene rings is 1. The first-order chi connectivity index (χ1) is 11.7. The van der Waals surface area contributed by atoms with Crippen LogP contribution in [0.15, 0.2) is 35.7 Å². The van der Waals surface area contributed by atoms with E-state index in [1.165, 1.54) is 11.3 Å². The van der Waals surface area contributed by atoms with Gasteiger partial charge in [-0.1, -0.05) is 0 Å². The maximum atomic E-state index is 12.1. The molecule has 2 N–H and O–H groups in total. The van der Waals surface area contributed by atoms with Gasteiger partial charge in [0, 0.05) is 10.6 Å². The molecule has 0 spiro atoms. The molecule has 8 heteroatoms. The molecule has 0 unspecified atom stereocenters. The van der Waals surface area contributed by atoms with Crippen molar-refractivity contribution < 1.29 is 17.9 Å². The molecule has 0 saturated heterocycles. The van der Waals surface area contributed by atoms with Gasteiger partial charge in [-0.05, 0) is 62.0 Å². The van der Waals surface area contributed by atoms with Gasteiger partial charge in [0.15, 0.2) is 0 Å². The number of anilines is 1. The minimum Gasteiger partial charge on any atom is -0.491 e. The maximum absolute atomic E-state index is 12.1. The Bertz CT molecular complexity index is 811. The van der Waals surface area contributed by atoms with Gasteiger partial charge in [0.25, 0.3) is 0 Å². The summed E-state index contributed by atoms with van der Waals surface area (Å²) in [6.45, 7) is 6.10. The quantitative estimate of drug-likeness (QED) is 0.735. The fourth-order valence-corrected chi connectivity index (χ4v) is 3.94. The summed E-state index contributed by atoms with van der Waals surface area (Å²) in [7, 11) is -3.77. The van der Waals surface area contributed by atoms with E-state index in [0.717, 1.165) is 10.4 Å². The summed E-state index contributed by atoms with van der Waals surface area (Å²) in [5.74, 6) is -0.510. The average molecular weight is 383 g/mol. The molecule has 0 saturated carbocycles. The molecule has 0 bridgehead atoms. The molecular formula is C17H22N2O4S2. The monoisotopic (exact) mass is 382 g/mol. The lowest BCUT2D eigenvalue weighted by molar-refractivity contribution is -0.118. The van der Waals surface area contributed by atoms with E-state index in [1.54, 1.807) is 24.3 Å². The summed E-state index contributed by atoms with van der Waals surface area (Å²) in [6.07, 6.45) is 0.0400. The van der Waals surface area contributed by atoms with Crippen LogP contribution in [-0.4, -0.2) is 26.2 Å². The molecule has 1 heterocycles. The fourth-order valence-electron chi connectivity index (χ4n) is 2.08. The molecule has 1 aromatic heterocycles. The molecule has 1 aromatic carbocycles. The van der Waals surface area contributed by atoms with Crippen LogP contribution in [0.2, 0.25) is 0 Å². The number of amides is 1. The number of benzene rings is 1. The first kappa shape index (κ1) is 19.3. The van der Waals surface area contributed by atoms with Crippen LogP contribution in [0.25, 0.3) is 0 Å². The highest BCUT2D eigenvalue weighted by Gasteiger charge is 2.17. The summed E-state index contributed by atoms with van der Waals surface area (Å²) in [4.78, 5) is 12.9. The highest BCUT2D eigenvalue weighted by molar-refractivity contribution is 7.93. The summed E-state index contributed by atoms with van der Waals surface area (Å²) >= 11 is 1.53. The van der Waals surface area contributed by atoms with Gasteiger partial charge in [-0.3, -0.25) is 9.52 Å². The van der Waals surface area contributed by atoms with Gasteiger partial charge < -0.3 is 10.1 Å². The predicted octanol–water partition coefficient (Wildman–Crippen LogP) is 2.90. The molecule has 0 aliphatic carbocycles. The summed E-state index contributed by atoms with van der Waals surface area (Å²) in [5, 5.41) is 4.56. The van der Waals surface area contributed by atoms with Crippen molar-refractivity contribution in [2.24, 2.45) is 0 Å². The number of carbonyl (C=O) groups excluding carboxylic acids is 1. The van der Waals surface area contributed by atoms with E-state index < -0.39 is 21.7 Å². The highest BCUT2D eigenvalue weighted by Crippen LogP contribution is 2.18. The van der Waals surface area contributed by atoms with Crippen molar-refractivity contribution in [2.75, 3.05) is 10.5 Å². The summed E-state index contributed by atoms with van der Waals surface area (Å²) in [5.41, 5.74) is 1.47. The van der Waals surface area contributed by atoms with Crippen LogP contribution < -0.4 is 14.8 Å². The normalized spacial score (nSPS) is 11.4. The topological polar surface area (TPSA) is 84.5 Å². The molecule has 6 nitrogen and oxygen atoms in total. The number of rotatable bonds is 8. The van der Waals surface area contributed by atoms with Gasteiger partial charge in [-0.2, -0.15) is 0 Å². The molecule has 0 aliphatic heterocycles. The lowest BCUT2D eigenvalue weighted by atomic mass is 10.3. The van der Waals surface area contributed by atoms with Crippen molar-refractivity contribution in [1.82, 2.24) is 5.32 Å². The first-order valence-corrected chi connectivity index (χ1v) is 10.4. The molecule has 2 aromatic rings. The number of hydrogen-bond acceptors (Lipinski definition) is 5. The number of hydrogen-bond donors (Lipinski definition) is 2. The van der Waals surface area contributed by atoms with E-state index in [2.05, 4.69) is 10.0 Å². The van der Waals surface area contributed by atoms with Gasteiger partial charge >= 0.3 is 0 Å². The van der Waals surface area contributed by atoms with E-state index in [4.69, 9.17) is 4.74 Å². The van der Waals surface area contributed by atoms with Gasteiger partial charge in [-0.15, -0.1) is 11.3 Å². The van der Waals surface area contributed by atoms with Gasteiger partial charge in [0.1, 0.15) is 11.5 Å². The minimum atomic E-state index is -3.77. The molecular weight excluding hydrogens is 360 g/mol. The van der Waals surface area contributed by atoms with E-state index in [0.29, 0.717) is 18.0 Å². The molecule has 0 atom stereocenters. The van der Waals surface area contributed by atoms with Crippen molar-refractivity contribution in [3.63, 3.8) is 0 Å². The number of nitrogens with one attached hydrogen (secondary N) is 2. The second-order valence-corrected chi connectivity index (χ2v) is 8.58. The van der Waals surface area contributed by atoms with Crippen molar-refractivity contribution >= 4 is 33.0 Å². The Balaban J connectivity index is 1.88. The van der Waals surface area contributed by atoms with Crippen LogP contribution in [0.4, 0.5) is 5.69 Å². The highest BCUT2D eigenvalue weighted by atomic mass is 32.2. The average Bonchev–Trinajstić information content (AvgIpc) is 2.91. The Kier molecular flexibility index (Phi) is 6.44. The number of sulfonamides is 1. The SMILES string of the molecule is Cc1ccsc1CNC(=O)CS(=O)(=O)Nc1ccc(OC(C)C)cc1. The van der Waals surface area contributed by atoms with Crippen molar-refractivity contribution in [2.45, 2.75) is 33.4 Å². The van der Waals surface area contributed by atoms with E-state index in [1.807, 2.05) is 32.2 Å². The number of aryl methyl sites for hydroxylation is 1. The molecule has 0 radical (unpaired) electrons. The van der Waals surface area contributed by atoms with E-state index in [-0.39, 0.29) is 6.10 Å². The van der Waals surface area contributed by atoms with Gasteiger partial charge in [0.2, 0.25) is 15.9 Å². The lowest BCUT2D eigenvalue weighted by Gasteiger charge is -2.11. The number of ether oxygens (including phenoxy) is 1. The zero-order chi connectivity index (χ0) is 18.4. The molecule has 0 fully saturated rings. The van der Waals surface area contributed by atoms with Gasteiger partial charge in [0.05, 0.1) is 12.6 Å². The van der Waals surface area contributed by atoms with Crippen LogP contribution >= 0.6 is 11.3 Å². The molecule has 136 valence electrons. The fraction of sp³-hybridized carbons (Fsp3) is 0.353.